The smallest absolute Gasteiger partial charge is 0.224 e. The van der Waals surface area contributed by atoms with Gasteiger partial charge in [-0.25, -0.2) is 4.59 Å². The third-order valence-electron chi connectivity index (χ3n) is 7.88. The Kier molecular flexibility index (Phi) is 5.04. The second kappa shape index (κ2) is 7.62. The largest absolute Gasteiger partial charge is 0.378 e. The quantitative estimate of drug-likeness (QED) is 0.525. The van der Waals surface area contributed by atoms with E-state index >= 15 is 0 Å². The van der Waals surface area contributed by atoms with Crippen molar-refractivity contribution in [1.29, 1.82) is 0 Å². The Labute approximate surface area is 185 Å². The van der Waals surface area contributed by atoms with Gasteiger partial charge < -0.3 is 15.5 Å². The molecule has 0 radical (unpaired) electrons. The fourth-order valence-corrected chi connectivity index (χ4v) is 5.94. The van der Waals surface area contributed by atoms with E-state index in [4.69, 9.17) is 5.84 Å². The Hall–Kier alpha value is -2.41. The van der Waals surface area contributed by atoms with Crippen molar-refractivity contribution < 1.29 is 4.79 Å². The zero-order valence-corrected chi connectivity index (χ0v) is 18.7. The van der Waals surface area contributed by atoms with Gasteiger partial charge in [-0.05, 0) is 31.5 Å². The van der Waals surface area contributed by atoms with Crippen molar-refractivity contribution in [2.24, 2.45) is 11.8 Å². The Morgan fingerprint density at radius 3 is 2.55 bits per heavy atom. The van der Waals surface area contributed by atoms with Crippen molar-refractivity contribution >= 4 is 23.0 Å². The van der Waals surface area contributed by atoms with Gasteiger partial charge in [0.1, 0.15) is 12.6 Å². The molecular formula is C25H34N5O+. The first-order valence-electron chi connectivity index (χ1n) is 11.5. The summed E-state index contributed by atoms with van der Waals surface area (Å²) in [6.07, 6.45) is 2.36. The van der Waals surface area contributed by atoms with Crippen LogP contribution in [0.2, 0.25) is 0 Å². The Morgan fingerprint density at radius 1 is 1.16 bits per heavy atom. The number of nitrogens with one attached hydrogen (secondary N) is 2. The second-order valence-electron chi connectivity index (χ2n) is 9.67. The second-order valence-corrected chi connectivity index (χ2v) is 9.67. The summed E-state index contributed by atoms with van der Waals surface area (Å²) in [7, 11) is 0. The van der Waals surface area contributed by atoms with E-state index in [-0.39, 0.29) is 23.9 Å². The fraction of sp³-hybridized carbons (Fsp3) is 0.480. The molecule has 6 atom stereocenters. The van der Waals surface area contributed by atoms with Crippen LogP contribution in [0.25, 0.3) is 0 Å². The maximum Gasteiger partial charge on any atom is 0.224 e. The minimum absolute atomic E-state index is 0.0874. The molecule has 2 aromatic carbocycles. The number of quaternary nitrogens is 1. The number of hydrogen-bond donors (Lipinski definition) is 3. The van der Waals surface area contributed by atoms with E-state index < -0.39 is 0 Å². The van der Waals surface area contributed by atoms with Crippen LogP contribution in [0.4, 0.5) is 17.1 Å². The van der Waals surface area contributed by atoms with E-state index in [2.05, 4.69) is 66.9 Å². The molecule has 0 spiro atoms. The van der Waals surface area contributed by atoms with Crippen LogP contribution in [-0.2, 0) is 4.79 Å². The first-order chi connectivity index (χ1) is 14.9. The molecule has 1 amide bonds. The highest BCUT2D eigenvalue weighted by Crippen LogP contribution is 2.45. The van der Waals surface area contributed by atoms with Crippen LogP contribution in [-0.4, -0.2) is 37.1 Å². The highest BCUT2D eigenvalue weighted by atomic mass is 16.2. The molecule has 6 unspecified atom stereocenters. The van der Waals surface area contributed by atoms with Gasteiger partial charge >= 0.3 is 0 Å². The van der Waals surface area contributed by atoms with Crippen LogP contribution in [0.5, 0.6) is 0 Å². The molecule has 4 heterocycles. The molecule has 3 saturated heterocycles. The summed E-state index contributed by atoms with van der Waals surface area (Å²) in [5.74, 6) is 7.38. The number of carbonyl (C=O) groups is 1. The summed E-state index contributed by atoms with van der Waals surface area (Å²) < 4.78 is 0.493. The number of nitrogens with zero attached hydrogens (tertiary/aromatic N) is 2. The van der Waals surface area contributed by atoms with E-state index in [0.29, 0.717) is 16.7 Å². The van der Waals surface area contributed by atoms with E-state index in [1.807, 2.05) is 11.0 Å². The van der Waals surface area contributed by atoms with Gasteiger partial charge in [-0.3, -0.25) is 4.79 Å². The number of anilines is 2. The summed E-state index contributed by atoms with van der Waals surface area (Å²) >= 11 is 0. The summed E-state index contributed by atoms with van der Waals surface area (Å²) in [6.45, 7) is 7.93. The maximum absolute atomic E-state index is 12.6. The fourth-order valence-electron chi connectivity index (χ4n) is 5.94. The van der Waals surface area contributed by atoms with Gasteiger partial charge in [0.25, 0.3) is 0 Å². The zero-order valence-electron chi connectivity index (χ0n) is 18.7. The van der Waals surface area contributed by atoms with Crippen LogP contribution in [0.1, 0.15) is 45.2 Å². The minimum Gasteiger partial charge on any atom is -0.378 e. The number of benzene rings is 2. The lowest BCUT2D eigenvalue weighted by Gasteiger charge is -2.51. The third-order valence-corrected chi connectivity index (χ3v) is 7.88. The van der Waals surface area contributed by atoms with Gasteiger partial charge in [0, 0.05) is 54.4 Å². The van der Waals surface area contributed by atoms with E-state index in [1.165, 1.54) is 12.0 Å². The van der Waals surface area contributed by atoms with Crippen molar-refractivity contribution in [3.8, 4) is 0 Å². The van der Waals surface area contributed by atoms with Gasteiger partial charge in [0.15, 0.2) is 5.69 Å². The summed E-state index contributed by atoms with van der Waals surface area (Å²) in [5.41, 5.74) is 4.42. The van der Waals surface area contributed by atoms with Crippen LogP contribution < -0.4 is 26.0 Å². The number of amides is 1. The van der Waals surface area contributed by atoms with Crippen LogP contribution in [0, 0.1) is 5.92 Å². The van der Waals surface area contributed by atoms with Gasteiger partial charge in [-0.2, -0.15) is 5.84 Å². The Morgan fingerprint density at radius 2 is 1.94 bits per heavy atom. The highest BCUT2D eigenvalue weighted by Gasteiger charge is 2.48. The van der Waals surface area contributed by atoms with Crippen molar-refractivity contribution in [2.75, 3.05) is 23.3 Å². The molecule has 4 aliphatic rings. The van der Waals surface area contributed by atoms with Crippen molar-refractivity contribution in [3.05, 3.63) is 54.1 Å². The molecule has 0 aliphatic carbocycles. The number of fused-ring (bicyclic) bond motifs is 4. The highest BCUT2D eigenvalue weighted by molar-refractivity contribution is 5.94. The molecular weight excluding hydrogens is 386 g/mol. The molecule has 0 aromatic heterocycles. The van der Waals surface area contributed by atoms with Crippen molar-refractivity contribution in [3.63, 3.8) is 0 Å². The SMILES string of the molecule is CC(=O)N1c2ccc([N+]3(N)CC4CCC3CN4)cc2C(Nc2ccccc2)C(C)C1C. The first-order valence-corrected chi connectivity index (χ1v) is 11.5. The molecule has 3 fully saturated rings. The topological polar surface area (TPSA) is 70.4 Å². The van der Waals surface area contributed by atoms with Crippen molar-refractivity contribution in [1.82, 2.24) is 9.91 Å². The van der Waals surface area contributed by atoms with Crippen LogP contribution in [0.15, 0.2) is 48.5 Å². The summed E-state index contributed by atoms with van der Waals surface area (Å²) in [6, 6.07) is 18.0. The molecule has 4 N–H and O–H groups in total. The number of para-hydroxylation sites is 1. The standard InChI is InChI=1S/C25H34N5O/c1-16-17(2)29(18(3)31)24-12-11-21(30(26)15-20-9-10-22(30)14-27-20)13-23(24)25(16)28-19-7-5-4-6-8-19/h4-8,11-13,16-17,20,22,25,27-28H,9-10,14-15,26H2,1-3H3/q+1. The number of hydrogen-bond acceptors (Lipinski definition) is 4. The molecule has 4 aliphatic heterocycles. The van der Waals surface area contributed by atoms with Gasteiger partial charge in [0.2, 0.25) is 5.91 Å². The number of rotatable bonds is 3. The van der Waals surface area contributed by atoms with Crippen LogP contribution >= 0.6 is 0 Å². The lowest BCUT2D eigenvalue weighted by molar-refractivity contribution is -0.117. The maximum atomic E-state index is 12.6. The molecule has 6 rings (SSSR count). The number of nitrogens with two attached hydrogens (primary N) is 1. The lowest BCUT2D eigenvalue weighted by atomic mass is 9.82. The van der Waals surface area contributed by atoms with E-state index in [9.17, 15) is 4.79 Å². The number of piperidine rings is 2. The predicted molar refractivity (Wildman–Crippen MR) is 127 cm³/mol. The monoisotopic (exact) mass is 420 g/mol. The average Bonchev–Trinajstić information content (AvgIpc) is 2.78. The van der Waals surface area contributed by atoms with Gasteiger partial charge in [-0.1, -0.05) is 25.1 Å². The third kappa shape index (κ3) is 3.34. The normalized spacial score (nSPS) is 34.3. The van der Waals surface area contributed by atoms with E-state index in [0.717, 1.165) is 36.6 Å². The molecule has 6 nitrogen and oxygen atoms in total. The zero-order chi connectivity index (χ0) is 21.8. The molecule has 6 heteroatoms. The lowest BCUT2D eigenvalue weighted by Crippen LogP contribution is -2.76. The molecule has 2 bridgehead atoms. The minimum atomic E-state index is 0.0874. The van der Waals surface area contributed by atoms with Gasteiger partial charge in [-0.15, -0.1) is 0 Å². The predicted octanol–water partition coefficient (Wildman–Crippen LogP) is 3.55. The number of piperazine rings is 1. The van der Waals surface area contributed by atoms with Gasteiger partial charge in [0.05, 0.1) is 18.6 Å². The Bertz CT molecular complexity index is 971. The number of carbonyl (C=O) groups excluding carboxylic acids is 1. The Balaban J connectivity index is 1.60. The molecule has 2 aromatic rings. The molecule has 164 valence electrons. The van der Waals surface area contributed by atoms with E-state index in [1.54, 1.807) is 6.92 Å². The average molecular weight is 421 g/mol. The molecule has 0 saturated carbocycles. The summed E-state index contributed by atoms with van der Waals surface area (Å²) in [4.78, 5) is 14.6. The first kappa shape index (κ1) is 20.5. The molecule has 31 heavy (non-hydrogen) atoms. The van der Waals surface area contributed by atoms with Crippen molar-refractivity contribution in [2.45, 2.75) is 57.8 Å². The van der Waals surface area contributed by atoms with Crippen LogP contribution in [0.3, 0.4) is 0 Å². The summed E-state index contributed by atoms with van der Waals surface area (Å²) in [5, 5.41) is 7.38.